The summed E-state index contributed by atoms with van der Waals surface area (Å²) in [6.45, 7) is 1.90. The number of rotatable bonds is 4. The predicted octanol–water partition coefficient (Wildman–Crippen LogP) is 5.55. The van der Waals surface area contributed by atoms with Gasteiger partial charge >= 0.3 is 5.97 Å². The summed E-state index contributed by atoms with van der Waals surface area (Å²) in [4.78, 5) is 36.6. The van der Waals surface area contributed by atoms with Gasteiger partial charge in [0.25, 0.3) is 5.69 Å². The van der Waals surface area contributed by atoms with Gasteiger partial charge in [-0.15, -0.1) is 0 Å². The van der Waals surface area contributed by atoms with Crippen molar-refractivity contribution in [3.05, 3.63) is 103 Å². The topological polar surface area (TPSA) is 99.7 Å². The number of para-hydroxylation sites is 1. The van der Waals surface area contributed by atoms with Crippen LogP contribution in [-0.2, 0) is 0 Å². The molecule has 0 N–H and O–H groups in total. The molecular formula is C23H14ClNO6. The highest BCUT2D eigenvalue weighted by Crippen LogP contribution is 2.33. The van der Waals surface area contributed by atoms with E-state index in [0.29, 0.717) is 10.6 Å². The van der Waals surface area contributed by atoms with E-state index in [0.717, 1.165) is 5.56 Å². The zero-order valence-electron chi connectivity index (χ0n) is 16.1. The van der Waals surface area contributed by atoms with Crippen molar-refractivity contribution in [3.63, 3.8) is 0 Å². The third kappa shape index (κ3) is 3.91. The van der Waals surface area contributed by atoms with Crippen LogP contribution in [0.15, 0.2) is 75.9 Å². The van der Waals surface area contributed by atoms with Gasteiger partial charge in [-0.1, -0.05) is 53.6 Å². The molecule has 0 aliphatic carbocycles. The Hall–Kier alpha value is -3.97. The van der Waals surface area contributed by atoms with Crippen LogP contribution in [0.5, 0.6) is 5.75 Å². The van der Waals surface area contributed by atoms with E-state index in [1.807, 2.05) is 19.1 Å². The maximum absolute atomic E-state index is 13.2. The number of aryl methyl sites for hydroxylation is 1. The van der Waals surface area contributed by atoms with E-state index in [1.54, 1.807) is 24.3 Å². The zero-order chi connectivity index (χ0) is 22.1. The molecule has 8 heteroatoms. The summed E-state index contributed by atoms with van der Waals surface area (Å²) in [6, 6.07) is 16.9. The largest absolute Gasteiger partial charge is 0.452 e. The molecule has 7 nitrogen and oxygen atoms in total. The van der Waals surface area contributed by atoms with Gasteiger partial charge in [-0.05, 0) is 31.2 Å². The number of nitro benzene ring substituents is 1. The number of carbonyl (C=O) groups excluding carboxylic acids is 1. The standard InChI is InChI=1S/C23H14ClNO6/c1-13-6-8-14(9-7-13)21-22(20(26)17-12-15(24)10-11-19(17)30-21)31-23(27)16-4-2-3-5-18(16)25(28)29/h2-12H,1H3. The minimum atomic E-state index is -1.05. The van der Waals surface area contributed by atoms with Gasteiger partial charge in [-0.3, -0.25) is 14.9 Å². The van der Waals surface area contributed by atoms with Crippen LogP contribution in [0.4, 0.5) is 5.69 Å². The van der Waals surface area contributed by atoms with Crippen molar-refractivity contribution in [2.24, 2.45) is 0 Å². The van der Waals surface area contributed by atoms with Gasteiger partial charge in [0, 0.05) is 16.7 Å². The Bertz CT molecular complexity index is 1390. The first-order valence-corrected chi connectivity index (χ1v) is 9.52. The molecule has 0 aliphatic rings. The number of hydrogen-bond donors (Lipinski definition) is 0. The molecule has 0 aliphatic heterocycles. The van der Waals surface area contributed by atoms with Crippen LogP contribution >= 0.6 is 11.6 Å². The van der Waals surface area contributed by atoms with E-state index in [2.05, 4.69) is 0 Å². The number of nitro groups is 1. The smallest absolute Gasteiger partial charge is 0.350 e. The second-order valence-electron chi connectivity index (χ2n) is 6.76. The van der Waals surface area contributed by atoms with Crippen LogP contribution in [0.25, 0.3) is 22.3 Å². The molecule has 1 aromatic heterocycles. The molecule has 0 amide bonds. The second-order valence-corrected chi connectivity index (χ2v) is 7.20. The van der Waals surface area contributed by atoms with E-state index in [4.69, 9.17) is 20.8 Å². The highest BCUT2D eigenvalue weighted by molar-refractivity contribution is 6.31. The van der Waals surface area contributed by atoms with Gasteiger partial charge in [0.2, 0.25) is 11.2 Å². The average Bonchev–Trinajstić information content (AvgIpc) is 2.76. The number of hydrogen-bond acceptors (Lipinski definition) is 6. The van der Waals surface area contributed by atoms with Crippen molar-refractivity contribution in [3.8, 4) is 17.1 Å². The fourth-order valence-electron chi connectivity index (χ4n) is 3.09. The fourth-order valence-corrected chi connectivity index (χ4v) is 3.26. The minimum Gasteiger partial charge on any atom is -0.452 e. The summed E-state index contributed by atoms with van der Waals surface area (Å²) in [6.07, 6.45) is 0. The van der Waals surface area contributed by atoms with Crippen molar-refractivity contribution in [1.29, 1.82) is 0 Å². The van der Waals surface area contributed by atoms with Crippen molar-refractivity contribution < 1.29 is 18.9 Å². The monoisotopic (exact) mass is 435 g/mol. The van der Waals surface area contributed by atoms with Crippen LogP contribution < -0.4 is 10.2 Å². The van der Waals surface area contributed by atoms with Gasteiger partial charge in [0.1, 0.15) is 11.1 Å². The van der Waals surface area contributed by atoms with Gasteiger partial charge in [-0.25, -0.2) is 4.79 Å². The Labute approximate surface area is 180 Å². The number of benzene rings is 3. The molecule has 1 heterocycles. The van der Waals surface area contributed by atoms with Crippen LogP contribution in [-0.4, -0.2) is 10.9 Å². The number of esters is 1. The number of ether oxygens (including phenoxy) is 1. The molecule has 31 heavy (non-hydrogen) atoms. The second kappa shape index (κ2) is 8.04. The highest BCUT2D eigenvalue weighted by atomic mass is 35.5. The molecule has 0 unspecified atom stereocenters. The normalized spacial score (nSPS) is 10.8. The molecule has 154 valence electrons. The van der Waals surface area contributed by atoms with E-state index in [9.17, 15) is 19.7 Å². The third-order valence-corrected chi connectivity index (χ3v) is 4.87. The summed E-state index contributed by atoms with van der Waals surface area (Å²) in [7, 11) is 0. The first kappa shape index (κ1) is 20.3. The Kier molecular flexibility index (Phi) is 5.27. The summed E-state index contributed by atoms with van der Waals surface area (Å²) in [5.41, 5.74) is 0.411. The lowest BCUT2D eigenvalue weighted by Crippen LogP contribution is -2.17. The molecule has 3 aromatic carbocycles. The lowest BCUT2D eigenvalue weighted by Gasteiger charge is -2.11. The lowest BCUT2D eigenvalue weighted by atomic mass is 10.1. The first-order valence-electron chi connectivity index (χ1n) is 9.14. The van der Waals surface area contributed by atoms with E-state index < -0.39 is 22.0 Å². The van der Waals surface area contributed by atoms with Crippen molar-refractivity contribution in [2.45, 2.75) is 6.92 Å². The third-order valence-electron chi connectivity index (χ3n) is 4.64. The average molecular weight is 436 g/mol. The molecule has 0 atom stereocenters. The van der Waals surface area contributed by atoms with E-state index >= 15 is 0 Å². The van der Waals surface area contributed by atoms with E-state index in [-0.39, 0.29) is 28.0 Å². The number of nitrogens with zero attached hydrogens (tertiary/aromatic N) is 1. The minimum absolute atomic E-state index is 0.0340. The van der Waals surface area contributed by atoms with Crippen LogP contribution in [0, 0.1) is 17.0 Å². The number of carbonyl (C=O) groups is 1. The Balaban J connectivity index is 1.91. The SMILES string of the molecule is Cc1ccc(-c2oc3ccc(Cl)cc3c(=O)c2OC(=O)c2ccccc2[N+](=O)[O-])cc1. The maximum Gasteiger partial charge on any atom is 0.350 e. The van der Waals surface area contributed by atoms with Gasteiger partial charge < -0.3 is 9.15 Å². The Morgan fingerprint density at radius 3 is 2.48 bits per heavy atom. The number of halogens is 1. The molecule has 0 fully saturated rings. The first-order chi connectivity index (χ1) is 14.8. The molecule has 0 bridgehead atoms. The van der Waals surface area contributed by atoms with Gasteiger partial charge in [0.05, 0.1) is 10.3 Å². The van der Waals surface area contributed by atoms with Crippen molar-refractivity contribution in [2.75, 3.05) is 0 Å². The molecular weight excluding hydrogens is 422 g/mol. The summed E-state index contributed by atoms with van der Waals surface area (Å²) in [5, 5.41) is 11.7. The molecule has 4 aromatic rings. The summed E-state index contributed by atoms with van der Waals surface area (Å²) in [5.74, 6) is -1.39. The number of fused-ring (bicyclic) bond motifs is 1. The quantitative estimate of drug-likeness (QED) is 0.237. The van der Waals surface area contributed by atoms with Crippen molar-refractivity contribution >= 4 is 34.2 Å². The zero-order valence-corrected chi connectivity index (χ0v) is 16.9. The predicted molar refractivity (Wildman–Crippen MR) is 116 cm³/mol. The van der Waals surface area contributed by atoms with Crippen LogP contribution in [0.1, 0.15) is 15.9 Å². The lowest BCUT2D eigenvalue weighted by molar-refractivity contribution is -0.385. The summed E-state index contributed by atoms with van der Waals surface area (Å²) < 4.78 is 11.3. The summed E-state index contributed by atoms with van der Waals surface area (Å²) >= 11 is 6.01. The fraction of sp³-hybridized carbons (Fsp3) is 0.0435. The van der Waals surface area contributed by atoms with Crippen molar-refractivity contribution in [1.82, 2.24) is 0 Å². The van der Waals surface area contributed by atoms with E-state index in [1.165, 1.54) is 30.3 Å². The maximum atomic E-state index is 13.2. The molecule has 4 rings (SSSR count). The molecule has 0 saturated carbocycles. The molecule has 0 spiro atoms. The van der Waals surface area contributed by atoms with Crippen LogP contribution in [0.2, 0.25) is 5.02 Å². The Morgan fingerprint density at radius 1 is 1.06 bits per heavy atom. The van der Waals surface area contributed by atoms with Gasteiger partial charge in [0.15, 0.2) is 5.76 Å². The Morgan fingerprint density at radius 2 is 1.77 bits per heavy atom. The van der Waals surface area contributed by atoms with Gasteiger partial charge in [-0.2, -0.15) is 0 Å². The molecule has 0 radical (unpaired) electrons. The highest BCUT2D eigenvalue weighted by Gasteiger charge is 2.25. The van der Waals surface area contributed by atoms with Crippen LogP contribution in [0.3, 0.4) is 0 Å². The molecule has 0 saturated heterocycles.